The molecule has 1 fully saturated rings. The van der Waals surface area contributed by atoms with Crippen LogP contribution in [0.5, 0.6) is 0 Å². The van der Waals surface area contributed by atoms with Crippen molar-refractivity contribution in [2.24, 2.45) is 0 Å². The van der Waals surface area contributed by atoms with Crippen LogP contribution in [0.3, 0.4) is 0 Å². The summed E-state index contributed by atoms with van der Waals surface area (Å²) >= 11 is 1.50. The normalized spacial score (nSPS) is 18.2. The first-order chi connectivity index (χ1) is 15.5. The van der Waals surface area contributed by atoms with E-state index in [-0.39, 0.29) is 24.3 Å². The van der Waals surface area contributed by atoms with Crippen molar-refractivity contribution in [1.29, 1.82) is 0 Å². The van der Waals surface area contributed by atoms with Crippen LogP contribution in [0, 0.1) is 6.92 Å². The lowest BCUT2D eigenvalue weighted by Crippen LogP contribution is -2.35. The fourth-order valence-electron chi connectivity index (χ4n) is 4.42. The number of carbonyl (C=O) groups excluding carboxylic acids is 2. The molecule has 0 radical (unpaired) electrons. The Morgan fingerprint density at radius 3 is 2.91 bits per heavy atom. The van der Waals surface area contributed by atoms with Gasteiger partial charge in [0.05, 0.1) is 23.9 Å². The van der Waals surface area contributed by atoms with Crippen molar-refractivity contribution >= 4 is 29.0 Å². The lowest BCUT2D eigenvalue weighted by Gasteiger charge is -2.28. The minimum absolute atomic E-state index is 0.0220. The molecule has 3 aromatic rings. The highest BCUT2D eigenvalue weighted by molar-refractivity contribution is 7.13. The van der Waals surface area contributed by atoms with Gasteiger partial charge in [-0.05, 0) is 38.3 Å². The Bertz CT molecular complexity index is 1180. The van der Waals surface area contributed by atoms with Crippen molar-refractivity contribution in [3.63, 3.8) is 0 Å². The van der Waals surface area contributed by atoms with Gasteiger partial charge in [0.25, 0.3) is 0 Å². The Kier molecular flexibility index (Phi) is 5.42. The lowest BCUT2D eigenvalue weighted by molar-refractivity contribution is -0.131. The number of fused-ring (bicyclic) bond motifs is 1. The van der Waals surface area contributed by atoms with Crippen LogP contribution in [-0.4, -0.2) is 50.2 Å². The molecule has 9 heteroatoms. The summed E-state index contributed by atoms with van der Waals surface area (Å²) in [5.41, 5.74) is 3.48. The molecular weight excluding hydrogens is 424 g/mol. The molecule has 2 aliphatic rings. The second-order valence-corrected chi connectivity index (χ2v) is 9.06. The SMILES string of the molecule is Cc1nc(C2CCCN2C(=O)Cc2csc(-c3ccccn3)n2)nc2c1CCC(=O)N2C. The number of aryl methyl sites for hydroxylation is 1. The highest BCUT2D eigenvalue weighted by Crippen LogP contribution is 2.34. The van der Waals surface area contributed by atoms with Gasteiger partial charge in [0.15, 0.2) is 5.82 Å². The molecule has 2 aliphatic heterocycles. The zero-order chi connectivity index (χ0) is 22.2. The maximum atomic E-state index is 13.2. The van der Waals surface area contributed by atoms with E-state index < -0.39 is 0 Å². The molecule has 5 heterocycles. The highest BCUT2D eigenvalue weighted by atomic mass is 32.1. The number of pyridine rings is 1. The van der Waals surface area contributed by atoms with E-state index in [4.69, 9.17) is 9.97 Å². The van der Waals surface area contributed by atoms with Crippen molar-refractivity contribution in [1.82, 2.24) is 24.8 Å². The molecule has 0 bridgehead atoms. The highest BCUT2D eigenvalue weighted by Gasteiger charge is 2.34. The van der Waals surface area contributed by atoms with Crippen LogP contribution < -0.4 is 4.90 Å². The first-order valence-electron chi connectivity index (χ1n) is 10.8. The molecule has 2 amide bonds. The molecule has 1 atom stereocenters. The van der Waals surface area contributed by atoms with Gasteiger partial charge < -0.3 is 4.90 Å². The fraction of sp³-hybridized carbons (Fsp3) is 0.391. The van der Waals surface area contributed by atoms with Crippen molar-refractivity contribution in [2.75, 3.05) is 18.5 Å². The zero-order valence-corrected chi connectivity index (χ0v) is 18.9. The van der Waals surface area contributed by atoms with Crippen LogP contribution in [-0.2, 0) is 22.4 Å². The van der Waals surface area contributed by atoms with Crippen molar-refractivity contribution in [3.8, 4) is 10.7 Å². The number of likely N-dealkylation sites (tertiary alicyclic amines) is 1. The molecular formula is C23H24N6O2S. The number of thiazole rings is 1. The van der Waals surface area contributed by atoms with Gasteiger partial charge in [0.1, 0.15) is 10.8 Å². The average molecular weight is 449 g/mol. The van der Waals surface area contributed by atoms with Crippen LogP contribution in [0.15, 0.2) is 29.8 Å². The van der Waals surface area contributed by atoms with Gasteiger partial charge in [0, 0.05) is 42.8 Å². The maximum Gasteiger partial charge on any atom is 0.229 e. The number of rotatable bonds is 4. The quantitative estimate of drug-likeness (QED) is 0.609. The molecule has 0 aromatic carbocycles. The van der Waals surface area contributed by atoms with E-state index in [9.17, 15) is 9.59 Å². The molecule has 1 saturated heterocycles. The molecule has 8 nitrogen and oxygen atoms in total. The predicted molar refractivity (Wildman–Crippen MR) is 121 cm³/mol. The number of hydrogen-bond donors (Lipinski definition) is 0. The summed E-state index contributed by atoms with van der Waals surface area (Å²) in [5.74, 6) is 1.39. The van der Waals surface area contributed by atoms with Gasteiger partial charge in [-0.2, -0.15) is 0 Å². The van der Waals surface area contributed by atoms with Crippen LogP contribution in [0.25, 0.3) is 10.7 Å². The molecule has 164 valence electrons. The van der Waals surface area contributed by atoms with Crippen molar-refractivity contribution < 1.29 is 9.59 Å². The third-order valence-electron chi connectivity index (χ3n) is 6.13. The van der Waals surface area contributed by atoms with Crippen LogP contribution in [0.2, 0.25) is 0 Å². The van der Waals surface area contributed by atoms with Crippen molar-refractivity contribution in [3.05, 3.63) is 52.6 Å². The summed E-state index contributed by atoms with van der Waals surface area (Å²) in [6.07, 6.45) is 4.85. The van der Waals surface area contributed by atoms with Gasteiger partial charge in [0.2, 0.25) is 11.8 Å². The molecule has 5 rings (SSSR count). The van der Waals surface area contributed by atoms with E-state index in [0.717, 1.165) is 40.5 Å². The van der Waals surface area contributed by atoms with E-state index >= 15 is 0 Å². The minimum Gasteiger partial charge on any atom is -0.332 e. The standard InChI is InChI=1S/C23H24N6O2S/c1-14-16-8-9-19(30)28(2)22(16)27-21(25-14)18-7-5-11-29(18)20(31)12-15-13-32-23(26-15)17-6-3-4-10-24-17/h3-4,6,10,13,18H,5,7-9,11-12H2,1-2H3. The fourth-order valence-corrected chi connectivity index (χ4v) is 5.22. The third kappa shape index (κ3) is 3.77. The first kappa shape index (κ1) is 20.7. The van der Waals surface area contributed by atoms with Crippen molar-refractivity contribution in [2.45, 2.75) is 45.1 Å². The number of carbonyl (C=O) groups is 2. The zero-order valence-electron chi connectivity index (χ0n) is 18.1. The lowest BCUT2D eigenvalue weighted by atomic mass is 10.0. The molecule has 0 saturated carbocycles. The van der Waals surface area contributed by atoms with Crippen LogP contribution >= 0.6 is 11.3 Å². The predicted octanol–water partition coefficient (Wildman–Crippen LogP) is 3.12. The van der Waals surface area contributed by atoms with E-state index in [0.29, 0.717) is 31.0 Å². The monoisotopic (exact) mass is 448 g/mol. The van der Waals surface area contributed by atoms with Gasteiger partial charge in [-0.3, -0.25) is 19.5 Å². The summed E-state index contributed by atoms with van der Waals surface area (Å²) in [7, 11) is 1.76. The molecule has 32 heavy (non-hydrogen) atoms. The summed E-state index contributed by atoms with van der Waals surface area (Å²) in [5, 5.41) is 2.74. The minimum atomic E-state index is -0.175. The van der Waals surface area contributed by atoms with E-state index in [1.165, 1.54) is 11.3 Å². The van der Waals surface area contributed by atoms with E-state index in [1.54, 1.807) is 18.1 Å². The van der Waals surface area contributed by atoms with E-state index in [1.807, 2.05) is 35.4 Å². The second kappa shape index (κ2) is 8.38. The number of anilines is 1. The van der Waals surface area contributed by atoms with Gasteiger partial charge in [-0.1, -0.05) is 6.07 Å². The Hall–Kier alpha value is -3.20. The largest absolute Gasteiger partial charge is 0.332 e. The average Bonchev–Trinajstić information content (AvgIpc) is 3.47. The smallest absolute Gasteiger partial charge is 0.229 e. The number of nitrogens with zero attached hydrogens (tertiary/aromatic N) is 6. The van der Waals surface area contributed by atoms with E-state index in [2.05, 4.69) is 9.97 Å². The van der Waals surface area contributed by atoms with Gasteiger partial charge in [-0.15, -0.1) is 11.3 Å². The summed E-state index contributed by atoms with van der Waals surface area (Å²) in [6, 6.07) is 5.53. The third-order valence-corrected chi connectivity index (χ3v) is 7.04. The summed E-state index contributed by atoms with van der Waals surface area (Å²) < 4.78 is 0. The molecule has 0 aliphatic carbocycles. The summed E-state index contributed by atoms with van der Waals surface area (Å²) in [4.78, 5) is 47.3. The molecule has 1 unspecified atom stereocenters. The Balaban J connectivity index is 1.36. The van der Waals surface area contributed by atoms with Crippen LogP contribution in [0.4, 0.5) is 5.82 Å². The Morgan fingerprint density at radius 1 is 1.22 bits per heavy atom. The number of aromatic nitrogens is 4. The molecule has 3 aromatic heterocycles. The summed E-state index contributed by atoms with van der Waals surface area (Å²) in [6.45, 7) is 2.64. The maximum absolute atomic E-state index is 13.2. The topological polar surface area (TPSA) is 92.2 Å². The Morgan fingerprint density at radius 2 is 2.09 bits per heavy atom. The van der Waals surface area contributed by atoms with Gasteiger partial charge >= 0.3 is 0 Å². The molecule has 0 spiro atoms. The number of hydrogen-bond acceptors (Lipinski definition) is 7. The number of amides is 2. The molecule has 0 N–H and O–H groups in total. The first-order valence-corrected chi connectivity index (χ1v) is 11.7. The van der Waals surface area contributed by atoms with Crippen LogP contribution in [0.1, 0.15) is 48.1 Å². The second-order valence-electron chi connectivity index (χ2n) is 8.20. The Labute approximate surface area is 190 Å². The van der Waals surface area contributed by atoms with Gasteiger partial charge in [-0.25, -0.2) is 15.0 Å².